The second kappa shape index (κ2) is 5.47. The maximum atomic E-state index is 11.2. The van der Waals surface area contributed by atoms with E-state index in [9.17, 15) is 18.0 Å². The summed E-state index contributed by atoms with van der Waals surface area (Å²) in [5.41, 5.74) is 4.74. The topological polar surface area (TPSA) is 127 Å². The Hall–Kier alpha value is -1.41. The Labute approximate surface area is 87.1 Å². The largest absolute Gasteiger partial charge is 0.370 e. The third kappa shape index (κ3) is 5.13. The molecule has 0 saturated carbocycles. The third-order valence-electron chi connectivity index (χ3n) is 1.46. The Bertz CT molecular complexity index is 362. The van der Waals surface area contributed by atoms with E-state index in [0.717, 1.165) is 0 Å². The molecular weight excluding hydrogens is 224 g/mol. The van der Waals surface area contributed by atoms with Crippen molar-refractivity contribution in [1.82, 2.24) is 5.32 Å². The summed E-state index contributed by atoms with van der Waals surface area (Å²) in [5, 5.41) is 0.275. The van der Waals surface area contributed by atoms with Crippen LogP contribution in [0.5, 0.6) is 0 Å². The first-order chi connectivity index (χ1) is 6.79. The Morgan fingerprint density at radius 2 is 2.07 bits per heavy atom. The van der Waals surface area contributed by atoms with Crippen LogP contribution < -0.4 is 11.1 Å². The quantitative estimate of drug-likeness (QED) is 0.379. The summed E-state index contributed by atoms with van der Waals surface area (Å²) >= 11 is 0. The number of carbonyl (C=O) groups is 2. The summed E-state index contributed by atoms with van der Waals surface area (Å²) in [7, 11) is -4.64. The lowest BCUT2D eigenvalue weighted by atomic mass is 10.3. The maximum Gasteiger partial charge on any atom is 0.277 e. The van der Waals surface area contributed by atoms with Crippen molar-refractivity contribution >= 4 is 21.9 Å². The van der Waals surface area contributed by atoms with Gasteiger partial charge in [0.2, 0.25) is 11.8 Å². The normalized spacial score (nSPS) is 12.9. The first-order valence-corrected chi connectivity index (χ1v) is 5.42. The van der Waals surface area contributed by atoms with Gasteiger partial charge in [-0.05, 0) is 0 Å². The molecule has 0 spiro atoms. The fraction of sp³-hybridized carbons (Fsp3) is 0.429. The SMILES string of the molecule is C=CCNC(=O)C(CC(N)=O)S(=O)(=O)O. The molecular formula is C7H12N2O5S. The van der Waals surface area contributed by atoms with Gasteiger partial charge in [-0.15, -0.1) is 6.58 Å². The first kappa shape index (κ1) is 13.6. The molecule has 2 amide bonds. The molecule has 86 valence electrons. The molecule has 0 aromatic rings. The Balaban J connectivity index is 4.71. The Kier molecular flexibility index (Phi) is 4.95. The number of nitrogens with one attached hydrogen (secondary N) is 1. The van der Waals surface area contributed by atoms with Crippen LogP contribution in [0.3, 0.4) is 0 Å². The second-order valence-electron chi connectivity index (χ2n) is 2.71. The average molecular weight is 236 g/mol. The molecule has 0 aromatic carbocycles. The molecule has 0 aromatic heterocycles. The van der Waals surface area contributed by atoms with Crippen molar-refractivity contribution in [3.8, 4) is 0 Å². The lowest BCUT2D eigenvalue weighted by Gasteiger charge is -2.11. The van der Waals surface area contributed by atoms with Crippen molar-refractivity contribution in [2.24, 2.45) is 5.73 Å². The highest BCUT2D eigenvalue weighted by Crippen LogP contribution is 2.04. The zero-order valence-corrected chi connectivity index (χ0v) is 8.66. The number of nitrogens with two attached hydrogens (primary N) is 1. The number of hydrogen-bond donors (Lipinski definition) is 3. The summed E-state index contributed by atoms with van der Waals surface area (Å²) in [6.07, 6.45) is 0.561. The number of primary amides is 1. The molecule has 4 N–H and O–H groups in total. The van der Waals surface area contributed by atoms with Crippen LogP contribution in [0.2, 0.25) is 0 Å². The summed E-state index contributed by atoms with van der Waals surface area (Å²) in [6.45, 7) is 3.33. The molecule has 1 unspecified atom stereocenters. The van der Waals surface area contributed by atoms with Crippen molar-refractivity contribution in [1.29, 1.82) is 0 Å². The zero-order valence-electron chi connectivity index (χ0n) is 7.84. The molecule has 0 aliphatic carbocycles. The number of hydrogen-bond acceptors (Lipinski definition) is 4. The van der Waals surface area contributed by atoms with Crippen molar-refractivity contribution in [3.05, 3.63) is 12.7 Å². The van der Waals surface area contributed by atoms with Gasteiger partial charge in [0.15, 0.2) is 5.25 Å². The molecule has 0 aliphatic rings. The summed E-state index contributed by atoms with van der Waals surface area (Å²) in [5.74, 6) is -1.98. The molecule has 1 atom stereocenters. The van der Waals surface area contributed by atoms with Crippen LogP contribution in [0, 0.1) is 0 Å². The minimum atomic E-state index is -4.64. The molecule has 0 aliphatic heterocycles. The van der Waals surface area contributed by atoms with Gasteiger partial charge in [0.05, 0.1) is 6.42 Å². The van der Waals surface area contributed by atoms with E-state index in [4.69, 9.17) is 10.3 Å². The van der Waals surface area contributed by atoms with Crippen molar-refractivity contribution in [3.63, 3.8) is 0 Å². The van der Waals surface area contributed by atoms with Crippen LogP contribution >= 0.6 is 0 Å². The number of carbonyl (C=O) groups excluding carboxylic acids is 2. The van der Waals surface area contributed by atoms with Crippen LogP contribution in [-0.2, 0) is 19.7 Å². The lowest BCUT2D eigenvalue weighted by molar-refractivity contribution is -0.124. The van der Waals surface area contributed by atoms with Gasteiger partial charge in [-0.2, -0.15) is 8.42 Å². The van der Waals surface area contributed by atoms with E-state index >= 15 is 0 Å². The van der Waals surface area contributed by atoms with Gasteiger partial charge in [0.25, 0.3) is 10.1 Å². The lowest BCUT2D eigenvalue weighted by Crippen LogP contribution is -2.42. The third-order valence-corrected chi connectivity index (χ3v) is 2.56. The van der Waals surface area contributed by atoms with Crippen LogP contribution in [0.1, 0.15) is 6.42 Å². The van der Waals surface area contributed by atoms with Crippen molar-refractivity contribution < 1.29 is 22.6 Å². The van der Waals surface area contributed by atoms with E-state index in [1.165, 1.54) is 6.08 Å². The molecule has 0 rings (SSSR count). The molecule has 0 radical (unpaired) electrons. The molecule has 7 nitrogen and oxygen atoms in total. The molecule has 8 heteroatoms. The van der Waals surface area contributed by atoms with Crippen LogP contribution in [0.4, 0.5) is 0 Å². The summed E-state index contributed by atoms with van der Waals surface area (Å²) < 4.78 is 30.1. The van der Waals surface area contributed by atoms with Gasteiger partial charge in [-0.25, -0.2) is 0 Å². The van der Waals surface area contributed by atoms with Gasteiger partial charge in [0.1, 0.15) is 0 Å². The molecule has 0 saturated heterocycles. The highest BCUT2D eigenvalue weighted by Gasteiger charge is 2.32. The minimum Gasteiger partial charge on any atom is -0.370 e. The van der Waals surface area contributed by atoms with Crippen molar-refractivity contribution in [2.75, 3.05) is 6.54 Å². The van der Waals surface area contributed by atoms with Crippen LogP contribution in [0.25, 0.3) is 0 Å². The number of amides is 2. The van der Waals surface area contributed by atoms with Crippen molar-refractivity contribution in [2.45, 2.75) is 11.7 Å². The fourth-order valence-corrected chi connectivity index (χ4v) is 1.53. The predicted molar refractivity (Wildman–Crippen MR) is 52.4 cm³/mol. The van der Waals surface area contributed by atoms with Gasteiger partial charge in [0, 0.05) is 6.54 Å². The summed E-state index contributed by atoms with van der Waals surface area (Å²) in [6, 6.07) is 0. The predicted octanol–water partition coefficient (Wildman–Crippen LogP) is -1.58. The van der Waals surface area contributed by atoms with Gasteiger partial charge in [-0.1, -0.05) is 6.08 Å². The molecule has 15 heavy (non-hydrogen) atoms. The summed E-state index contributed by atoms with van der Waals surface area (Å²) in [4.78, 5) is 21.7. The zero-order chi connectivity index (χ0) is 12.1. The van der Waals surface area contributed by atoms with E-state index in [1.807, 2.05) is 0 Å². The fourth-order valence-electron chi connectivity index (χ4n) is 0.803. The monoisotopic (exact) mass is 236 g/mol. The van der Waals surface area contributed by atoms with E-state index in [2.05, 4.69) is 11.9 Å². The van der Waals surface area contributed by atoms with Gasteiger partial charge >= 0.3 is 0 Å². The Morgan fingerprint density at radius 1 is 1.53 bits per heavy atom. The highest BCUT2D eigenvalue weighted by molar-refractivity contribution is 7.87. The maximum absolute atomic E-state index is 11.2. The van der Waals surface area contributed by atoms with E-state index in [-0.39, 0.29) is 6.54 Å². The van der Waals surface area contributed by atoms with E-state index in [0.29, 0.717) is 0 Å². The average Bonchev–Trinajstić information content (AvgIpc) is 2.08. The smallest absolute Gasteiger partial charge is 0.277 e. The van der Waals surface area contributed by atoms with Crippen LogP contribution in [-0.4, -0.2) is 36.6 Å². The molecule has 0 bridgehead atoms. The second-order valence-corrected chi connectivity index (χ2v) is 4.31. The van der Waals surface area contributed by atoms with Crippen LogP contribution in [0.15, 0.2) is 12.7 Å². The van der Waals surface area contributed by atoms with Gasteiger partial charge in [-0.3, -0.25) is 14.1 Å². The van der Waals surface area contributed by atoms with E-state index in [1.54, 1.807) is 0 Å². The van der Waals surface area contributed by atoms with Gasteiger partial charge < -0.3 is 11.1 Å². The number of rotatable bonds is 6. The first-order valence-electron chi connectivity index (χ1n) is 3.92. The Morgan fingerprint density at radius 3 is 2.40 bits per heavy atom. The highest BCUT2D eigenvalue weighted by atomic mass is 32.2. The van der Waals surface area contributed by atoms with E-state index < -0.39 is 33.6 Å². The molecule has 0 heterocycles. The minimum absolute atomic E-state index is 0.0314. The standard InChI is InChI=1S/C7H12N2O5S/c1-2-3-9-7(11)5(4-6(8)10)15(12,13)14/h2,5H,1,3-4H2,(H2,8,10)(H,9,11)(H,12,13,14). The molecule has 0 fully saturated rings.